The van der Waals surface area contributed by atoms with Crippen molar-refractivity contribution >= 4 is 0 Å². The molecule has 2 heteroatoms. The number of ether oxygens (including phenoxy) is 2. The Morgan fingerprint density at radius 1 is 0.469 bits per heavy atom. The van der Waals surface area contributed by atoms with Crippen LogP contribution in [0.1, 0.15) is 184 Å². The highest BCUT2D eigenvalue weighted by Gasteiger charge is 2.21. The van der Waals surface area contributed by atoms with Gasteiger partial charge in [-0.15, -0.1) is 0 Å². The largest absolute Gasteiger partial charge is 0.374 e. The fourth-order valence-electron chi connectivity index (χ4n) is 8.74. The van der Waals surface area contributed by atoms with Crippen LogP contribution in [0.15, 0.2) is 48.5 Å². The van der Waals surface area contributed by atoms with Gasteiger partial charge in [-0.05, 0) is 78.5 Å². The lowest BCUT2D eigenvalue weighted by Crippen LogP contribution is -2.15. The van der Waals surface area contributed by atoms with Crippen LogP contribution in [0, 0.1) is 23.7 Å². The highest BCUT2D eigenvalue weighted by molar-refractivity contribution is 5.23. The van der Waals surface area contributed by atoms with Crippen molar-refractivity contribution in [1.29, 1.82) is 0 Å². The maximum atomic E-state index is 6.12. The van der Waals surface area contributed by atoms with E-state index in [0.717, 1.165) is 23.7 Å². The smallest absolute Gasteiger partial charge is 0.0785 e. The van der Waals surface area contributed by atoms with E-state index in [1.54, 1.807) is 0 Å². The molecule has 0 heterocycles. The number of aryl methyl sites for hydroxylation is 2. The van der Waals surface area contributed by atoms with E-state index in [1.807, 2.05) is 0 Å². The van der Waals surface area contributed by atoms with Gasteiger partial charge in [-0.3, -0.25) is 0 Å². The van der Waals surface area contributed by atoms with E-state index in [1.165, 1.54) is 176 Å². The van der Waals surface area contributed by atoms with E-state index in [9.17, 15) is 0 Å². The Hall–Kier alpha value is -1.64. The minimum atomic E-state index is 0.0847. The molecule has 2 fully saturated rings. The van der Waals surface area contributed by atoms with E-state index in [4.69, 9.17) is 9.47 Å². The lowest BCUT2D eigenvalue weighted by Gasteiger charge is -2.28. The molecule has 0 bridgehead atoms. The molecule has 1 atom stereocenters. The predicted molar refractivity (Wildman–Crippen MR) is 211 cm³/mol. The minimum absolute atomic E-state index is 0.0847. The van der Waals surface area contributed by atoms with E-state index in [-0.39, 0.29) is 6.10 Å². The van der Waals surface area contributed by atoms with Crippen LogP contribution in [-0.4, -0.2) is 12.7 Å². The first-order valence-electron chi connectivity index (χ1n) is 21.5. The molecule has 2 saturated carbocycles. The van der Waals surface area contributed by atoms with Crippen LogP contribution in [0.25, 0.3) is 0 Å². The Bertz CT molecular complexity index is 1060. The second-order valence-corrected chi connectivity index (χ2v) is 16.5. The SMILES string of the molecule is CCCCCC1CCC(CCCCc2ccc(COC[C@@H](C)OCc3ccc(CCCCC4CCC(CCCCC)CC4)cc3)cc2)CC1. The maximum Gasteiger partial charge on any atom is 0.0785 e. The van der Waals surface area contributed by atoms with Crippen LogP contribution in [0.3, 0.4) is 0 Å². The van der Waals surface area contributed by atoms with Crippen molar-refractivity contribution in [2.45, 2.75) is 194 Å². The number of rotatable bonds is 25. The zero-order chi connectivity index (χ0) is 34.4. The Kier molecular flexibility index (Phi) is 20.1. The van der Waals surface area contributed by atoms with Crippen molar-refractivity contribution in [2.75, 3.05) is 6.61 Å². The van der Waals surface area contributed by atoms with E-state index in [2.05, 4.69) is 69.3 Å². The third-order valence-electron chi connectivity index (χ3n) is 12.2. The molecule has 2 nitrogen and oxygen atoms in total. The first kappa shape index (κ1) is 40.1. The number of hydrogen-bond donors (Lipinski definition) is 0. The average Bonchev–Trinajstić information content (AvgIpc) is 3.13. The minimum Gasteiger partial charge on any atom is -0.374 e. The van der Waals surface area contributed by atoms with Crippen LogP contribution in [0.2, 0.25) is 0 Å². The molecular weight excluding hydrogens is 597 g/mol. The normalized spacial score (nSPS) is 21.9. The summed E-state index contributed by atoms with van der Waals surface area (Å²) < 4.78 is 12.2. The van der Waals surface area contributed by atoms with Gasteiger partial charge in [-0.1, -0.05) is 191 Å². The van der Waals surface area contributed by atoms with Crippen LogP contribution < -0.4 is 0 Å². The summed E-state index contributed by atoms with van der Waals surface area (Å²) in [5.74, 6) is 4.07. The molecular formula is C47H76O2. The highest BCUT2D eigenvalue weighted by atomic mass is 16.5. The Morgan fingerprint density at radius 3 is 1.20 bits per heavy atom. The summed E-state index contributed by atoms with van der Waals surface area (Å²) in [6.07, 6.45) is 34.2. The van der Waals surface area contributed by atoms with E-state index in [0.29, 0.717) is 19.8 Å². The first-order valence-corrected chi connectivity index (χ1v) is 21.5. The van der Waals surface area contributed by atoms with Gasteiger partial charge in [0, 0.05) is 0 Å². The molecule has 0 spiro atoms. The van der Waals surface area contributed by atoms with Gasteiger partial charge >= 0.3 is 0 Å². The van der Waals surface area contributed by atoms with Gasteiger partial charge in [-0.25, -0.2) is 0 Å². The fourth-order valence-corrected chi connectivity index (χ4v) is 8.74. The van der Waals surface area contributed by atoms with Gasteiger partial charge in [0.2, 0.25) is 0 Å². The molecule has 0 unspecified atom stereocenters. The molecule has 2 aliphatic carbocycles. The summed E-state index contributed by atoms with van der Waals surface area (Å²) in [4.78, 5) is 0. The summed E-state index contributed by atoms with van der Waals surface area (Å²) in [5, 5.41) is 0. The molecule has 2 aromatic carbocycles. The van der Waals surface area contributed by atoms with Crippen molar-refractivity contribution in [2.24, 2.45) is 23.7 Å². The van der Waals surface area contributed by atoms with Gasteiger partial charge in [0.05, 0.1) is 25.9 Å². The van der Waals surface area contributed by atoms with Crippen molar-refractivity contribution in [3.05, 3.63) is 70.8 Å². The molecule has 4 rings (SSSR count). The quantitative estimate of drug-likeness (QED) is 0.0977. The zero-order valence-corrected chi connectivity index (χ0v) is 32.4. The molecule has 0 aromatic heterocycles. The highest BCUT2D eigenvalue weighted by Crippen LogP contribution is 2.35. The summed E-state index contributed by atoms with van der Waals surface area (Å²) in [7, 11) is 0. The second-order valence-electron chi connectivity index (χ2n) is 16.5. The third-order valence-corrected chi connectivity index (χ3v) is 12.2. The molecule has 2 aromatic rings. The summed E-state index contributed by atoms with van der Waals surface area (Å²) in [6.45, 7) is 8.69. The van der Waals surface area contributed by atoms with Crippen molar-refractivity contribution in [3.63, 3.8) is 0 Å². The molecule has 0 amide bonds. The number of unbranched alkanes of at least 4 members (excludes halogenated alkanes) is 6. The summed E-state index contributed by atoms with van der Waals surface area (Å²) in [6, 6.07) is 18.3. The topological polar surface area (TPSA) is 18.5 Å². The second kappa shape index (κ2) is 24.5. The monoisotopic (exact) mass is 673 g/mol. The van der Waals surface area contributed by atoms with Crippen molar-refractivity contribution in [3.8, 4) is 0 Å². The number of hydrogen-bond acceptors (Lipinski definition) is 2. The lowest BCUT2D eigenvalue weighted by molar-refractivity contribution is -0.0198. The van der Waals surface area contributed by atoms with E-state index >= 15 is 0 Å². The summed E-state index contributed by atoms with van der Waals surface area (Å²) >= 11 is 0. The molecule has 2 aliphatic rings. The van der Waals surface area contributed by atoms with Crippen LogP contribution in [-0.2, 0) is 35.5 Å². The standard InChI is InChI=1S/C47H76O2/c1-4-6-8-14-40-20-24-42(25-21-40)16-10-12-18-44-28-32-46(33-29-44)37-48-36-39(3)49-38-47-34-30-45(31-35-47)19-13-11-17-43-26-22-41(23-27-43)15-9-7-5-2/h28-35,39-43H,4-27,36-38H2,1-3H3/t39-,40?,41?,42?,43?/m1/s1. The van der Waals surface area contributed by atoms with Crippen LogP contribution in [0.4, 0.5) is 0 Å². The van der Waals surface area contributed by atoms with Gasteiger partial charge in [0.15, 0.2) is 0 Å². The fraction of sp³-hybridized carbons (Fsp3) is 0.745. The first-order chi connectivity index (χ1) is 24.1. The molecule has 0 aliphatic heterocycles. The molecule has 0 N–H and O–H groups in total. The van der Waals surface area contributed by atoms with E-state index < -0.39 is 0 Å². The summed E-state index contributed by atoms with van der Waals surface area (Å²) in [5.41, 5.74) is 5.45. The Morgan fingerprint density at radius 2 is 0.816 bits per heavy atom. The van der Waals surface area contributed by atoms with Crippen molar-refractivity contribution in [1.82, 2.24) is 0 Å². The molecule has 0 saturated heterocycles. The third kappa shape index (κ3) is 17.0. The van der Waals surface area contributed by atoms with Crippen molar-refractivity contribution < 1.29 is 9.47 Å². The Labute approximate surface area is 303 Å². The number of benzene rings is 2. The molecule has 49 heavy (non-hydrogen) atoms. The van der Waals surface area contributed by atoms with Gasteiger partial charge in [0.25, 0.3) is 0 Å². The van der Waals surface area contributed by atoms with Crippen LogP contribution in [0.5, 0.6) is 0 Å². The molecule has 276 valence electrons. The Balaban J connectivity index is 0.977. The maximum absolute atomic E-state index is 6.12. The average molecular weight is 673 g/mol. The van der Waals surface area contributed by atoms with Gasteiger partial charge in [-0.2, -0.15) is 0 Å². The van der Waals surface area contributed by atoms with Gasteiger partial charge in [0.1, 0.15) is 0 Å². The lowest BCUT2D eigenvalue weighted by atomic mass is 9.78. The molecule has 0 radical (unpaired) electrons. The predicted octanol–water partition coefficient (Wildman–Crippen LogP) is 14.0. The van der Waals surface area contributed by atoms with Gasteiger partial charge < -0.3 is 9.47 Å². The zero-order valence-electron chi connectivity index (χ0n) is 32.4. The van der Waals surface area contributed by atoms with Crippen LogP contribution >= 0.6 is 0 Å².